The number of rotatable bonds is 8. The van der Waals surface area contributed by atoms with E-state index in [9.17, 15) is 25.9 Å². The molecule has 0 aromatic heterocycles. The molecule has 4 aromatic rings. The van der Waals surface area contributed by atoms with Crippen molar-refractivity contribution in [2.45, 2.75) is 9.79 Å². The average molecular weight is 523 g/mol. The maximum absolute atomic E-state index is 12.1. The standard InChI is InChI=1S/C26H22N2O6S2/c29-35(30,31)25-17-23(27-21-7-3-1-4-8-21)15-13-19(25)11-12-20-14-16-24(18-26(20)36(32,33)34)28-22-9-5-2-6-10-22/h1-18,27-28H,(H,29,30,31)(H,32,33,34)/b12-11+. The van der Waals surface area contributed by atoms with Crippen LogP contribution in [0.3, 0.4) is 0 Å². The van der Waals surface area contributed by atoms with Crippen molar-refractivity contribution in [1.29, 1.82) is 0 Å². The molecule has 4 aromatic carbocycles. The van der Waals surface area contributed by atoms with E-state index in [1.165, 1.54) is 36.4 Å². The molecule has 0 unspecified atom stereocenters. The van der Waals surface area contributed by atoms with Gasteiger partial charge in [0.05, 0.1) is 0 Å². The Morgan fingerprint density at radius 2 is 0.861 bits per heavy atom. The fourth-order valence-electron chi connectivity index (χ4n) is 3.50. The zero-order valence-corrected chi connectivity index (χ0v) is 20.4. The normalized spacial score (nSPS) is 11.9. The third kappa shape index (κ3) is 6.37. The molecule has 0 aliphatic rings. The Morgan fingerprint density at radius 1 is 0.500 bits per heavy atom. The molecule has 0 saturated heterocycles. The van der Waals surface area contributed by atoms with Gasteiger partial charge in [-0.25, -0.2) is 0 Å². The van der Waals surface area contributed by atoms with Crippen molar-refractivity contribution < 1.29 is 25.9 Å². The fourth-order valence-corrected chi connectivity index (χ4v) is 4.92. The van der Waals surface area contributed by atoms with Gasteiger partial charge in [0.2, 0.25) is 0 Å². The molecule has 8 nitrogen and oxygen atoms in total. The van der Waals surface area contributed by atoms with Gasteiger partial charge in [0.15, 0.2) is 0 Å². The molecular formula is C26H22N2O6S2. The number of nitrogens with one attached hydrogen (secondary N) is 2. The second-order valence-corrected chi connectivity index (χ2v) is 10.6. The van der Waals surface area contributed by atoms with Crippen LogP contribution in [-0.2, 0) is 20.2 Å². The van der Waals surface area contributed by atoms with Gasteiger partial charge in [-0.1, -0.05) is 60.7 Å². The molecule has 0 aliphatic heterocycles. The Bertz CT molecular complexity index is 1500. The van der Waals surface area contributed by atoms with Gasteiger partial charge in [-0.05, 0) is 59.7 Å². The predicted octanol–water partition coefficient (Wildman–Crippen LogP) is 5.84. The van der Waals surface area contributed by atoms with Crippen molar-refractivity contribution >= 4 is 55.1 Å². The minimum Gasteiger partial charge on any atom is -0.355 e. The van der Waals surface area contributed by atoms with Crippen molar-refractivity contribution in [2.75, 3.05) is 10.6 Å². The molecule has 0 amide bonds. The summed E-state index contributed by atoms with van der Waals surface area (Å²) in [4.78, 5) is -0.731. The van der Waals surface area contributed by atoms with E-state index in [1.54, 1.807) is 36.4 Å². The Labute approximate surface area is 209 Å². The quantitative estimate of drug-likeness (QED) is 0.168. The lowest BCUT2D eigenvalue weighted by atomic mass is 10.1. The third-order valence-corrected chi connectivity index (χ3v) is 6.97. The number of hydrogen-bond donors (Lipinski definition) is 4. The van der Waals surface area contributed by atoms with Crippen LogP contribution in [0.25, 0.3) is 12.2 Å². The Kier molecular flexibility index (Phi) is 7.22. The first-order chi connectivity index (χ1) is 17.1. The highest BCUT2D eigenvalue weighted by molar-refractivity contribution is 7.86. The second kappa shape index (κ2) is 10.3. The lowest BCUT2D eigenvalue weighted by molar-refractivity contribution is 0.480. The van der Waals surface area contributed by atoms with Gasteiger partial charge < -0.3 is 10.6 Å². The van der Waals surface area contributed by atoms with E-state index < -0.39 is 20.2 Å². The van der Waals surface area contributed by atoms with Crippen LogP contribution in [0.15, 0.2) is 107 Å². The van der Waals surface area contributed by atoms with E-state index in [1.807, 2.05) is 36.4 Å². The van der Waals surface area contributed by atoms with Gasteiger partial charge >= 0.3 is 0 Å². The lowest BCUT2D eigenvalue weighted by Gasteiger charge is -2.11. The average Bonchev–Trinajstić information content (AvgIpc) is 2.84. The van der Waals surface area contributed by atoms with E-state index >= 15 is 0 Å². The van der Waals surface area contributed by atoms with Crippen LogP contribution in [0.1, 0.15) is 11.1 Å². The van der Waals surface area contributed by atoms with E-state index in [4.69, 9.17) is 0 Å². The molecule has 184 valence electrons. The molecule has 10 heteroatoms. The summed E-state index contributed by atoms with van der Waals surface area (Å²) < 4.78 is 67.8. The maximum atomic E-state index is 12.1. The SMILES string of the molecule is O=S(=O)(O)c1cc(Nc2ccccc2)ccc1/C=C/c1ccc(Nc2ccccc2)cc1S(=O)(=O)O. The van der Waals surface area contributed by atoms with Crippen molar-refractivity contribution in [3.63, 3.8) is 0 Å². The first kappa shape index (κ1) is 25.1. The van der Waals surface area contributed by atoms with E-state index in [-0.39, 0.29) is 20.9 Å². The summed E-state index contributed by atoms with van der Waals surface area (Å²) in [5.74, 6) is 0. The van der Waals surface area contributed by atoms with E-state index in [0.717, 1.165) is 11.4 Å². The summed E-state index contributed by atoms with van der Waals surface area (Å²) in [7, 11) is -9.20. The summed E-state index contributed by atoms with van der Waals surface area (Å²) in [6.45, 7) is 0. The smallest absolute Gasteiger partial charge is 0.295 e. The molecule has 0 radical (unpaired) electrons. The van der Waals surface area contributed by atoms with Crippen LogP contribution in [-0.4, -0.2) is 25.9 Å². The van der Waals surface area contributed by atoms with Gasteiger partial charge in [0, 0.05) is 22.7 Å². The van der Waals surface area contributed by atoms with Crippen molar-refractivity contribution in [2.24, 2.45) is 0 Å². The highest BCUT2D eigenvalue weighted by Crippen LogP contribution is 2.28. The first-order valence-corrected chi connectivity index (χ1v) is 13.5. The van der Waals surface area contributed by atoms with Crippen LogP contribution in [0, 0.1) is 0 Å². The largest absolute Gasteiger partial charge is 0.355 e. The number of anilines is 4. The second-order valence-electron chi connectivity index (χ2n) is 7.77. The summed E-state index contributed by atoms with van der Waals surface area (Å²) in [5.41, 5.74) is 2.57. The van der Waals surface area contributed by atoms with Gasteiger partial charge in [-0.15, -0.1) is 0 Å². The minimum absolute atomic E-state index is 0.129. The predicted molar refractivity (Wildman–Crippen MR) is 141 cm³/mol. The zero-order chi connectivity index (χ0) is 25.8. The Morgan fingerprint density at radius 3 is 1.19 bits per heavy atom. The van der Waals surface area contributed by atoms with Gasteiger partial charge in [-0.3, -0.25) is 9.11 Å². The topological polar surface area (TPSA) is 133 Å². The molecule has 4 rings (SSSR count). The first-order valence-electron chi connectivity index (χ1n) is 10.6. The molecule has 0 spiro atoms. The third-order valence-electron chi connectivity index (χ3n) is 5.15. The Hall–Kier alpha value is -3.96. The van der Waals surface area contributed by atoms with E-state index in [2.05, 4.69) is 10.6 Å². The molecule has 4 N–H and O–H groups in total. The van der Waals surface area contributed by atoms with Gasteiger partial charge in [-0.2, -0.15) is 16.8 Å². The van der Waals surface area contributed by atoms with Crippen molar-refractivity contribution in [1.82, 2.24) is 0 Å². The molecule has 36 heavy (non-hydrogen) atoms. The highest BCUT2D eigenvalue weighted by atomic mass is 32.2. The lowest BCUT2D eigenvalue weighted by Crippen LogP contribution is -2.03. The molecule has 0 heterocycles. The number of para-hydroxylation sites is 2. The number of benzene rings is 4. The monoisotopic (exact) mass is 522 g/mol. The van der Waals surface area contributed by atoms with E-state index in [0.29, 0.717) is 11.4 Å². The van der Waals surface area contributed by atoms with Crippen LogP contribution in [0.4, 0.5) is 22.7 Å². The highest BCUT2D eigenvalue weighted by Gasteiger charge is 2.17. The van der Waals surface area contributed by atoms with Crippen molar-refractivity contribution in [3.8, 4) is 0 Å². The summed E-state index contributed by atoms with van der Waals surface area (Å²) >= 11 is 0. The molecule has 0 saturated carbocycles. The molecule has 0 atom stereocenters. The van der Waals surface area contributed by atoms with Gasteiger partial charge in [0.1, 0.15) is 9.79 Å². The number of hydrogen-bond acceptors (Lipinski definition) is 6. The Balaban J connectivity index is 1.68. The maximum Gasteiger partial charge on any atom is 0.295 e. The summed E-state index contributed by atoms with van der Waals surface area (Å²) in [5, 5.41) is 6.11. The van der Waals surface area contributed by atoms with Crippen LogP contribution in [0.5, 0.6) is 0 Å². The zero-order valence-electron chi connectivity index (χ0n) is 18.7. The molecule has 0 bridgehead atoms. The molecular weight excluding hydrogens is 500 g/mol. The van der Waals surface area contributed by atoms with Crippen LogP contribution >= 0.6 is 0 Å². The minimum atomic E-state index is -4.60. The van der Waals surface area contributed by atoms with Gasteiger partial charge in [0.25, 0.3) is 20.2 Å². The molecule has 0 fully saturated rings. The fraction of sp³-hybridized carbons (Fsp3) is 0. The summed E-state index contributed by atoms with van der Waals surface area (Å²) in [6.07, 6.45) is 2.70. The van der Waals surface area contributed by atoms with Crippen LogP contribution in [0.2, 0.25) is 0 Å². The van der Waals surface area contributed by atoms with Crippen LogP contribution < -0.4 is 10.6 Å². The van der Waals surface area contributed by atoms with Crippen molar-refractivity contribution in [3.05, 3.63) is 108 Å². The molecule has 0 aliphatic carbocycles. The summed E-state index contributed by atoms with van der Waals surface area (Å²) in [6, 6.07) is 26.9.